The minimum absolute atomic E-state index is 0.170. The van der Waals surface area contributed by atoms with Crippen molar-refractivity contribution in [3.05, 3.63) is 102 Å². The summed E-state index contributed by atoms with van der Waals surface area (Å²) in [4.78, 5) is 21.4. The van der Waals surface area contributed by atoms with E-state index >= 15 is 0 Å². The van der Waals surface area contributed by atoms with Crippen LogP contribution in [0.3, 0.4) is 0 Å². The van der Waals surface area contributed by atoms with Crippen LogP contribution in [-0.2, 0) is 0 Å². The van der Waals surface area contributed by atoms with Crippen LogP contribution in [0.15, 0.2) is 79.1 Å². The van der Waals surface area contributed by atoms with Gasteiger partial charge in [0.25, 0.3) is 5.91 Å². The molecule has 0 saturated heterocycles. The Morgan fingerprint density at radius 1 is 0.909 bits per heavy atom. The van der Waals surface area contributed by atoms with Gasteiger partial charge in [0.15, 0.2) is 0 Å². The summed E-state index contributed by atoms with van der Waals surface area (Å²) in [5, 5.41) is 15.8. The molecule has 1 amide bonds. The molecule has 0 aliphatic carbocycles. The van der Waals surface area contributed by atoms with Crippen molar-refractivity contribution in [2.45, 2.75) is 20.1 Å². The fourth-order valence-electron chi connectivity index (χ4n) is 3.67. The monoisotopic (exact) mass is 438 g/mol. The number of hydrogen-bond donors (Lipinski definition) is 3. The number of aliphatic hydroxyl groups excluding tert-OH is 1. The van der Waals surface area contributed by atoms with Crippen LogP contribution in [0, 0.1) is 13.8 Å². The van der Waals surface area contributed by atoms with Crippen molar-refractivity contribution in [3.63, 3.8) is 0 Å². The number of carbonyl (C=O) groups excluding carboxylic acids is 1. The third-order valence-corrected chi connectivity index (χ3v) is 5.47. The Hall–Kier alpha value is -3.87. The smallest absolute Gasteiger partial charge is 0.255 e. The number of hydrogen-bond acceptors (Lipinski definition) is 5. The van der Waals surface area contributed by atoms with Gasteiger partial charge in [-0.15, -0.1) is 0 Å². The zero-order valence-electron chi connectivity index (χ0n) is 18.8. The molecule has 33 heavy (non-hydrogen) atoms. The minimum atomic E-state index is -0.826. The number of nitrogens with one attached hydrogen (secondary N) is 2. The Morgan fingerprint density at radius 3 is 2.45 bits per heavy atom. The maximum atomic E-state index is 12.7. The highest BCUT2D eigenvalue weighted by Crippen LogP contribution is 2.30. The van der Waals surface area contributed by atoms with Gasteiger partial charge in [0.2, 0.25) is 0 Å². The third kappa shape index (κ3) is 5.14. The molecular weight excluding hydrogens is 412 g/mol. The molecule has 0 radical (unpaired) electrons. The Labute approximate surface area is 193 Å². The van der Waals surface area contributed by atoms with Gasteiger partial charge >= 0.3 is 0 Å². The second-order valence-electron chi connectivity index (χ2n) is 7.92. The Balaban J connectivity index is 1.64. The number of pyridine rings is 2. The van der Waals surface area contributed by atoms with Crippen LogP contribution in [0.5, 0.6) is 0 Å². The summed E-state index contributed by atoms with van der Waals surface area (Å²) in [5.74, 6) is -0.170. The largest absolute Gasteiger partial charge is 0.373 e. The van der Waals surface area contributed by atoms with E-state index in [2.05, 4.69) is 26.7 Å². The SMILES string of the molecule is CNC(O)c1cc(-c2cccc(-c3cc(NC(=O)c4cccc(C)c4)cnc3C)c2)ccn1. The fraction of sp³-hybridized carbons (Fsp3) is 0.148. The lowest BCUT2D eigenvalue weighted by atomic mass is 9.98. The molecule has 166 valence electrons. The van der Waals surface area contributed by atoms with E-state index in [0.717, 1.165) is 33.5 Å². The topological polar surface area (TPSA) is 87.1 Å². The molecule has 0 aliphatic rings. The second-order valence-corrected chi connectivity index (χ2v) is 7.92. The normalized spacial score (nSPS) is 11.8. The highest BCUT2D eigenvalue weighted by molar-refractivity contribution is 6.04. The predicted octanol–water partition coefficient (Wildman–Crippen LogP) is 4.89. The van der Waals surface area contributed by atoms with Gasteiger partial charge in [0.05, 0.1) is 17.6 Å². The quantitative estimate of drug-likeness (QED) is 0.373. The van der Waals surface area contributed by atoms with E-state index < -0.39 is 6.23 Å². The predicted molar refractivity (Wildman–Crippen MR) is 131 cm³/mol. The first-order valence-electron chi connectivity index (χ1n) is 10.7. The van der Waals surface area contributed by atoms with Gasteiger partial charge < -0.3 is 10.4 Å². The van der Waals surface area contributed by atoms with E-state index in [0.29, 0.717) is 16.9 Å². The summed E-state index contributed by atoms with van der Waals surface area (Å²) in [6.45, 7) is 3.91. The lowest BCUT2D eigenvalue weighted by Gasteiger charge is -2.13. The first kappa shape index (κ1) is 22.3. The number of rotatable bonds is 6. The summed E-state index contributed by atoms with van der Waals surface area (Å²) in [6, 6.07) is 21.3. The summed E-state index contributed by atoms with van der Waals surface area (Å²) in [6.07, 6.45) is 2.53. The average molecular weight is 439 g/mol. The van der Waals surface area contributed by atoms with Crippen molar-refractivity contribution >= 4 is 11.6 Å². The molecule has 1 unspecified atom stereocenters. The molecule has 6 nitrogen and oxygen atoms in total. The molecule has 4 aromatic rings. The standard InChI is InChI=1S/C27H26N4O2/c1-17-6-4-9-22(12-17)26(32)31-23-15-24(18(2)30-16-23)21-8-5-7-19(13-21)20-10-11-29-25(14-20)27(33)28-3/h4-16,27-28,33H,1-3H3,(H,31,32). The highest BCUT2D eigenvalue weighted by atomic mass is 16.3. The molecule has 2 aromatic heterocycles. The Kier molecular flexibility index (Phi) is 6.58. The van der Waals surface area contributed by atoms with Gasteiger partial charge in [-0.1, -0.05) is 35.9 Å². The molecule has 3 N–H and O–H groups in total. The van der Waals surface area contributed by atoms with E-state index in [9.17, 15) is 9.90 Å². The molecule has 2 heterocycles. The lowest BCUT2D eigenvalue weighted by molar-refractivity contribution is 0.102. The van der Waals surface area contributed by atoms with Crippen molar-refractivity contribution in [1.29, 1.82) is 0 Å². The van der Waals surface area contributed by atoms with E-state index in [1.807, 2.05) is 68.4 Å². The number of benzene rings is 2. The number of aromatic nitrogens is 2. The van der Waals surface area contributed by atoms with E-state index in [1.54, 1.807) is 25.5 Å². The van der Waals surface area contributed by atoms with Crippen molar-refractivity contribution in [1.82, 2.24) is 15.3 Å². The Morgan fingerprint density at radius 2 is 1.67 bits per heavy atom. The maximum absolute atomic E-state index is 12.7. The molecule has 4 rings (SSSR count). The summed E-state index contributed by atoms with van der Waals surface area (Å²) in [5.41, 5.74) is 7.55. The van der Waals surface area contributed by atoms with E-state index in [-0.39, 0.29) is 5.91 Å². The fourth-order valence-corrected chi connectivity index (χ4v) is 3.67. The number of anilines is 1. The molecular formula is C27H26N4O2. The number of aryl methyl sites for hydroxylation is 2. The lowest BCUT2D eigenvalue weighted by Crippen LogP contribution is -2.16. The molecule has 2 aromatic carbocycles. The number of amides is 1. The summed E-state index contributed by atoms with van der Waals surface area (Å²) >= 11 is 0. The van der Waals surface area contributed by atoms with Gasteiger partial charge in [0, 0.05) is 23.0 Å². The molecule has 6 heteroatoms. The van der Waals surface area contributed by atoms with Crippen LogP contribution < -0.4 is 10.6 Å². The zero-order valence-corrected chi connectivity index (χ0v) is 18.8. The van der Waals surface area contributed by atoms with Crippen molar-refractivity contribution in [2.75, 3.05) is 12.4 Å². The average Bonchev–Trinajstić information content (AvgIpc) is 2.85. The first-order chi connectivity index (χ1) is 15.9. The molecule has 1 atom stereocenters. The summed E-state index contributed by atoms with van der Waals surface area (Å²) in [7, 11) is 1.68. The van der Waals surface area contributed by atoms with Crippen LogP contribution in [0.2, 0.25) is 0 Å². The highest BCUT2D eigenvalue weighted by Gasteiger charge is 2.12. The van der Waals surface area contributed by atoms with Gasteiger partial charge in [-0.05, 0) is 74.0 Å². The first-order valence-corrected chi connectivity index (χ1v) is 10.7. The molecule has 0 saturated carbocycles. The summed E-state index contributed by atoms with van der Waals surface area (Å²) < 4.78 is 0. The van der Waals surface area contributed by atoms with Gasteiger partial charge in [-0.3, -0.25) is 20.1 Å². The molecule has 0 aliphatic heterocycles. The second kappa shape index (κ2) is 9.73. The number of aliphatic hydroxyl groups is 1. The molecule has 0 fully saturated rings. The van der Waals surface area contributed by atoms with E-state index in [4.69, 9.17) is 0 Å². The number of nitrogens with zero attached hydrogens (tertiary/aromatic N) is 2. The minimum Gasteiger partial charge on any atom is -0.373 e. The number of carbonyl (C=O) groups is 1. The van der Waals surface area contributed by atoms with Crippen molar-refractivity contribution < 1.29 is 9.90 Å². The zero-order chi connectivity index (χ0) is 23.4. The van der Waals surface area contributed by atoms with Crippen molar-refractivity contribution in [3.8, 4) is 22.3 Å². The Bertz CT molecular complexity index is 1300. The van der Waals surface area contributed by atoms with Gasteiger partial charge in [0.1, 0.15) is 6.23 Å². The maximum Gasteiger partial charge on any atom is 0.255 e. The van der Waals surface area contributed by atoms with Crippen LogP contribution in [0.25, 0.3) is 22.3 Å². The van der Waals surface area contributed by atoms with Crippen LogP contribution in [0.1, 0.15) is 33.5 Å². The van der Waals surface area contributed by atoms with E-state index in [1.165, 1.54) is 0 Å². The molecule has 0 spiro atoms. The van der Waals surface area contributed by atoms with Crippen LogP contribution in [-0.4, -0.2) is 28.0 Å². The van der Waals surface area contributed by atoms with Crippen LogP contribution in [0.4, 0.5) is 5.69 Å². The van der Waals surface area contributed by atoms with Gasteiger partial charge in [-0.2, -0.15) is 0 Å². The van der Waals surface area contributed by atoms with Crippen LogP contribution >= 0.6 is 0 Å². The molecule has 0 bridgehead atoms. The third-order valence-electron chi connectivity index (χ3n) is 5.47. The van der Waals surface area contributed by atoms with Gasteiger partial charge in [-0.25, -0.2) is 0 Å². The van der Waals surface area contributed by atoms with Crippen molar-refractivity contribution in [2.24, 2.45) is 0 Å².